The zero-order valence-electron chi connectivity index (χ0n) is 12.2. The first-order valence-corrected chi connectivity index (χ1v) is 7.82. The molecule has 2 aromatic carbocycles. The number of pyridine rings is 1. The largest absolute Gasteiger partial charge is 0.494 e. The highest BCUT2D eigenvalue weighted by molar-refractivity contribution is 14.1. The minimum Gasteiger partial charge on any atom is -0.494 e. The number of halogens is 2. The normalized spacial score (nSPS) is 10.7. The summed E-state index contributed by atoms with van der Waals surface area (Å²) < 4.78 is 19.6. The van der Waals surface area contributed by atoms with Gasteiger partial charge in [0.1, 0.15) is 17.1 Å². The molecule has 0 bridgehead atoms. The molecule has 0 unspecified atom stereocenters. The van der Waals surface area contributed by atoms with Crippen molar-refractivity contribution in [3.8, 4) is 5.75 Å². The zero-order chi connectivity index (χ0) is 15.7. The fraction of sp³-hybridized carbons (Fsp3) is 0.118. The van der Waals surface area contributed by atoms with Crippen LogP contribution in [0, 0.1) is 16.3 Å². The van der Waals surface area contributed by atoms with E-state index in [0.29, 0.717) is 0 Å². The van der Waals surface area contributed by atoms with Gasteiger partial charge in [0.15, 0.2) is 0 Å². The van der Waals surface area contributed by atoms with Crippen LogP contribution >= 0.6 is 22.6 Å². The van der Waals surface area contributed by atoms with E-state index < -0.39 is 0 Å². The predicted octanol–water partition coefficient (Wildman–Crippen LogP) is 5.04. The highest BCUT2D eigenvalue weighted by Crippen LogP contribution is 2.34. The van der Waals surface area contributed by atoms with Gasteiger partial charge in [0.05, 0.1) is 16.4 Å². The molecular weight excluding hydrogens is 394 g/mol. The van der Waals surface area contributed by atoms with E-state index in [1.54, 1.807) is 19.4 Å². The molecule has 1 N–H and O–H groups in total. The number of hydrogen-bond acceptors (Lipinski definition) is 3. The molecule has 1 aromatic heterocycles. The van der Waals surface area contributed by atoms with Crippen molar-refractivity contribution < 1.29 is 9.13 Å². The van der Waals surface area contributed by atoms with Crippen molar-refractivity contribution >= 4 is 44.9 Å². The highest BCUT2D eigenvalue weighted by atomic mass is 127. The first-order valence-electron chi connectivity index (χ1n) is 6.74. The standard InChI is InChI=1S/C17H14FIN2O/c1-10-8-11(18)6-7-14(10)21-16-12-4-3-5-15(22-2)17(12)20-9-13(16)19/h3-9H,1-2H3,(H,20,21). The van der Waals surface area contributed by atoms with E-state index in [0.717, 1.165) is 37.2 Å². The van der Waals surface area contributed by atoms with E-state index in [2.05, 4.69) is 32.9 Å². The lowest BCUT2D eigenvalue weighted by Gasteiger charge is -2.14. The van der Waals surface area contributed by atoms with Crippen LogP contribution in [-0.2, 0) is 0 Å². The van der Waals surface area contributed by atoms with E-state index >= 15 is 0 Å². The van der Waals surface area contributed by atoms with Gasteiger partial charge in [0.2, 0.25) is 0 Å². The molecule has 112 valence electrons. The van der Waals surface area contributed by atoms with Crippen molar-refractivity contribution in [1.82, 2.24) is 4.98 Å². The van der Waals surface area contributed by atoms with E-state index in [4.69, 9.17) is 4.74 Å². The van der Waals surface area contributed by atoms with Crippen molar-refractivity contribution in [1.29, 1.82) is 0 Å². The molecule has 0 aliphatic carbocycles. The number of nitrogens with one attached hydrogen (secondary N) is 1. The first kappa shape index (κ1) is 15.0. The van der Waals surface area contributed by atoms with E-state index in [9.17, 15) is 4.39 Å². The smallest absolute Gasteiger partial charge is 0.145 e. The molecule has 0 saturated carbocycles. The molecule has 3 aromatic rings. The number of benzene rings is 2. The predicted molar refractivity (Wildman–Crippen MR) is 95.4 cm³/mol. The first-order chi connectivity index (χ1) is 10.6. The summed E-state index contributed by atoms with van der Waals surface area (Å²) in [4.78, 5) is 4.46. The number of aromatic nitrogens is 1. The molecule has 0 amide bonds. The van der Waals surface area contributed by atoms with Gasteiger partial charge < -0.3 is 10.1 Å². The van der Waals surface area contributed by atoms with Crippen LogP contribution in [0.25, 0.3) is 10.9 Å². The minimum atomic E-state index is -0.237. The molecule has 0 saturated heterocycles. The van der Waals surface area contributed by atoms with Crippen LogP contribution in [0.1, 0.15) is 5.56 Å². The molecule has 0 aliphatic heterocycles. The lowest BCUT2D eigenvalue weighted by Crippen LogP contribution is -1.99. The molecule has 0 aliphatic rings. The van der Waals surface area contributed by atoms with Crippen molar-refractivity contribution in [2.45, 2.75) is 6.92 Å². The third kappa shape index (κ3) is 2.72. The number of methoxy groups -OCH3 is 1. The lowest BCUT2D eigenvalue weighted by atomic mass is 10.1. The summed E-state index contributed by atoms with van der Waals surface area (Å²) in [6, 6.07) is 10.5. The molecule has 0 radical (unpaired) electrons. The van der Waals surface area contributed by atoms with Crippen LogP contribution in [0.15, 0.2) is 42.6 Å². The zero-order valence-corrected chi connectivity index (χ0v) is 14.3. The molecule has 3 nitrogen and oxygen atoms in total. The van der Waals surface area contributed by atoms with E-state index in [1.165, 1.54) is 12.1 Å². The summed E-state index contributed by atoms with van der Waals surface area (Å²) in [6.45, 7) is 1.88. The Hall–Kier alpha value is -1.89. The summed E-state index contributed by atoms with van der Waals surface area (Å²) in [5.41, 5.74) is 3.46. The average molecular weight is 408 g/mol. The maximum absolute atomic E-state index is 13.3. The van der Waals surface area contributed by atoms with Gasteiger partial charge in [0, 0.05) is 17.3 Å². The molecule has 0 atom stereocenters. The Morgan fingerprint density at radius 2 is 2.05 bits per heavy atom. The van der Waals surface area contributed by atoms with Crippen LogP contribution in [-0.4, -0.2) is 12.1 Å². The molecule has 1 heterocycles. The summed E-state index contributed by atoms with van der Waals surface area (Å²) in [7, 11) is 1.63. The maximum Gasteiger partial charge on any atom is 0.145 e. The Bertz CT molecular complexity index is 851. The molecule has 0 spiro atoms. The molecular formula is C17H14FIN2O. The van der Waals surface area contributed by atoms with Gasteiger partial charge in [0.25, 0.3) is 0 Å². The fourth-order valence-corrected chi connectivity index (χ4v) is 2.93. The SMILES string of the molecule is COc1cccc2c(Nc3ccc(F)cc3C)c(I)cnc12. The second kappa shape index (κ2) is 6.08. The van der Waals surface area contributed by atoms with Crippen molar-refractivity contribution in [3.63, 3.8) is 0 Å². The Kier molecular flexibility index (Phi) is 4.15. The molecule has 0 fully saturated rings. The van der Waals surface area contributed by atoms with Crippen LogP contribution in [0.3, 0.4) is 0 Å². The molecule has 5 heteroatoms. The van der Waals surface area contributed by atoms with Gasteiger partial charge in [-0.3, -0.25) is 4.98 Å². The highest BCUT2D eigenvalue weighted by Gasteiger charge is 2.11. The van der Waals surface area contributed by atoms with Crippen molar-refractivity contribution in [2.75, 3.05) is 12.4 Å². The number of hydrogen-bond donors (Lipinski definition) is 1. The Labute approximate surface area is 141 Å². The third-order valence-corrected chi connectivity index (χ3v) is 4.30. The van der Waals surface area contributed by atoms with Crippen molar-refractivity contribution in [2.24, 2.45) is 0 Å². The molecule has 3 rings (SSSR count). The van der Waals surface area contributed by atoms with Crippen LogP contribution in [0.2, 0.25) is 0 Å². The van der Waals surface area contributed by atoms with Gasteiger partial charge in [-0.2, -0.15) is 0 Å². The lowest BCUT2D eigenvalue weighted by molar-refractivity contribution is 0.419. The topological polar surface area (TPSA) is 34.1 Å². The number of para-hydroxylation sites is 1. The van der Waals surface area contributed by atoms with Gasteiger partial charge in [-0.05, 0) is 59.3 Å². The van der Waals surface area contributed by atoms with E-state index in [1.807, 2.05) is 25.1 Å². The quantitative estimate of drug-likeness (QED) is 0.617. The fourth-order valence-electron chi connectivity index (χ4n) is 2.37. The van der Waals surface area contributed by atoms with Gasteiger partial charge in [-0.25, -0.2) is 4.39 Å². The molecule has 22 heavy (non-hydrogen) atoms. The van der Waals surface area contributed by atoms with Crippen molar-refractivity contribution in [3.05, 3.63) is 57.5 Å². The van der Waals surface area contributed by atoms with Gasteiger partial charge in [-0.15, -0.1) is 0 Å². The number of anilines is 2. The third-order valence-electron chi connectivity index (χ3n) is 3.48. The number of rotatable bonds is 3. The van der Waals surface area contributed by atoms with Crippen LogP contribution < -0.4 is 10.1 Å². The number of aryl methyl sites for hydroxylation is 1. The Balaban J connectivity index is 2.15. The van der Waals surface area contributed by atoms with Crippen LogP contribution in [0.4, 0.5) is 15.8 Å². The second-order valence-electron chi connectivity index (χ2n) is 4.92. The Morgan fingerprint density at radius 3 is 2.77 bits per heavy atom. The number of nitrogens with zero attached hydrogens (tertiary/aromatic N) is 1. The monoisotopic (exact) mass is 408 g/mol. The van der Waals surface area contributed by atoms with Gasteiger partial charge >= 0.3 is 0 Å². The minimum absolute atomic E-state index is 0.237. The van der Waals surface area contributed by atoms with E-state index in [-0.39, 0.29) is 5.82 Å². The Morgan fingerprint density at radius 1 is 1.23 bits per heavy atom. The second-order valence-corrected chi connectivity index (χ2v) is 6.08. The summed E-state index contributed by atoms with van der Waals surface area (Å²) in [6.07, 6.45) is 1.80. The average Bonchev–Trinajstić information content (AvgIpc) is 2.51. The summed E-state index contributed by atoms with van der Waals surface area (Å²) >= 11 is 2.24. The summed E-state index contributed by atoms with van der Waals surface area (Å²) in [5.74, 6) is 0.492. The number of ether oxygens (including phenoxy) is 1. The van der Waals surface area contributed by atoms with Crippen LogP contribution in [0.5, 0.6) is 5.75 Å². The van der Waals surface area contributed by atoms with Gasteiger partial charge in [-0.1, -0.05) is 12.1 Å². The number of fused-ring (bicyclic) bond motifs is 1. The summed E-state index contributed by atoms with van der Waals surface area (Å²) in [5, 5.41) is 4.36. The maximum atomic E-state index is 13.3.